The molecule has 0 aromatic carbocycles. The molecule has 1 amide bonds. The fraction of sp³-hybridized carbons (Fsp3) is 0.727. The van der Waals surface area contributed by atoms with Gasteiger partial charge in [-0.1, -0.05) is 0 Å². The first-order valence-electron chi connectivity index (χ1n) is 5.83. The van der Waals surface area contributed by atoms with Crippen molar-refractivity contribution in [2.75, 3.05) is 20.2 Å². The van der Waals surface area contributed by atoms with Crippen LogP contribution in [0.2, 0.25) is 0 Å². The minimum atomic E-state index is -1.36. The molecule has 0 bridgehead atoms. The van der Waals surface area contributed by atoms with Crippen LogP contribution in [0.5, 0.6) is 0 Å². The maximum absolute atomic E-state index is 12.0. The number of carbonyl (C=O) groups excluding carboxylic acids is 1. The van der Waals surface area contributed by atoms with E-state index in [9.17, 15) is 9.90 Å². The van der Waals surface area contributed by atoms with E-state index in [0.29, 0.717) is 13.1 Å². The lowest BCUT2D eigenvalue weighted by molar-refractivity contribution is -0.147. The molecule has 7 nitrogen and oxygen atoms in total. The number of hydrogen-bond donors (Lipinski definition) is 2. The van der Waals surface area contributed by atoms with Crippen molar-refractivity contribution in [2.45, 2.75) is 31.5 Å². The van der Waals surface area contributed by atoms with Crippen molar-refractivity contribution >= 4 is 5.91 Å². The Bertz CT molecular complexity index is 412. The number of nitrogens with zero attached hydrogens (tertiary/aromatic N) is 3. The molecule has 7 heteroatoms. The van der Waals surface area contributed by atoms with E-state index in [-0.39, 0.29) is 17.9 Å². The number of nitrogens with one attached hydrogen (secondary N) is 1. The van der Waals surface area contributed by atoms with Crippen molar-refractivity contribution in [1.29, 1.82) is 0 Å². The first kappa shape index (κ1) is 13.0. The van der Waals surface area contributed by atoms with Crippen LogP contribution < -0.4 is 0 Å². The zero-order valence-electron chi connectivity index (χ0n) is 10.8. The molecule has 18 heavy (non-hydrogen) atoms. The van der Waals surface area contributed by atoms with Crippen LogP contribution in [-0.4, -0.2) is 63.2 Å². The molecule has 0 unspecified atom stereocenters. The van der Waals surface area contributed by atoms with Crippen molar-refractivity contribution < 1.29 is 14.6 Å². The van der Waals surface area contributed by atoms with E-state index in [1.165, 1.54) is 13.8 Å². The van der Waals surface area contributed by atoms with E-state index in [1.807, 2.05) is 0 Å². The minimum Gasteiger partial charge on any atom is -0.381 e. The molecule has 2 atom stereocenters. The van der Waals surface area contributed by atoms with Crippen molar-refractivity contribution in [3.8, 4) is 0 Å². The van der Waals surface area contributed by atoms with Gasteiger partial charge in [0.1, 0.15) is 5.60 Å². The molecular formula is C11H18N4O3. The summed E-state index contributed by atoms with van der Waals surface area (Å²) in [6.07, 6.45) is 1.51. The van der Waals surface area contributed by atoms with E-state index >= 15 is 0 Å². The van der Waals surface area contributed by atoms with Gasteiger partial charge >= 0.3 is 0 Å². The molecule has 1 aromatic heterocycles. The molecule has 1 aromatic rings. The summed E-state index contributed by atoms with van der Waals surface area (Å²) in [6, 6.07) is 0. The number of H-pyrrole nitrogens is 1. The normalized spacial score (nSPS) is 24.6. The smallest absolute Gasteiger partial charge is 0.254 e. The third-order valence-electron chi connectivity index (χ3n) is 3.19. The molecule has 2 N–H and O–H groups in total. The van der Waals surface area contributed by atoms with Gasteiger partial charge in [0.05, 0.1) is 23.9 Å². The third-order valence-corrected chi connectivity index (χ3v) is 3.19. The monoisotopic (exact) mass is 254 g/mol. The van der Waals surface area contributed by atoms with Gasteiger partial charge in [-0.3, -0.25) is 4.79 Å². The number of rotatable bonds is 3. The Morgan fingerprint density at radius 3 is 2.83 bits per heavy atom. The number of aliphatic hydroxyl groups is 1. The van der Waals surface area contributed by atoms with E-state index in [0.717, 1.165) is 5.69 Å². The summed E-state index contributed by atoms with van der Waals surface area (Å²) in [5.41, 5.74) is -0.593. The molecule has 0 radical (unpaired) electrons. The number of hydrogen-bond acceptors (Lipinski definition) is 5. The fourth-order valence-corrected chi connectivity index (χ4v) is 2.24. The van der Waals surface area contributed by atoms with Crippen molar-refractivity contribution in [1.82, 2.24) is 20.3 Å². The average molecular weight is 254 g/mol. The third kappa shape index (κ3) is 2.37. The Balaban J connectivity index is 2.14. The largest absolute Gasteiger partial charge is 0.381 e. The summed E-state index contributed by atoms with van der Waals surface area (Å²) >= 11 is 0. The summed E-state index contributed by atoms with van der Waals surface area (Å²) in [4.78, 5) is 13.6. The van der Waals surface area contributed by atoms with Gasteiger partial charge < -0.3 is 14.7 Å². The highest BCUT2D eigenvalue weighted by molar-refractivity contribution is 5.84. The van der Waals surface area contributed by atoms with Gasteiger partial charge in [0.2, 0.25) is 0 Å². The topological polar surface area (TPSA) is 91.3 Å². The zero-order chi connectivity index (χ0) is 13.3. The van der Waals surface area contributed by atoms with Crippen LogP contribution in [0.25, 0.3) is 0 Å². The van der Waals surface area contributed by atoms with Gasteiger partial charge in [0, 0.05) is 20.2 Å². The predicted octanol–water partition coefficient (Wildman–Crippen LogP) is -0.484. The Labute approximate surface area is 105 Å². The van der Waals surface area contributed by atoms with Crippen LogP contribution in [0.4, 0.5) is 0 Å². The van der Waals surface area contributed by atoms with E-state index < -0.39 is 5.60 Å². The lowest BCUT2D eigenvalue weighted by Crippen LogP contribution is -2.44. The second kappa shape index (κ2) is 4.66. The highest BCUT2D eigenvalue weighted by Gasteiger charge is 2.41. The highest BCUT2D eigenvalue weighted by Crippen LogP contribution is 2.29. The maximum atomic E-state index is 12.0. The molecule has 2 rings (SSSR count). The minimum absolute atomic E-state index is 0.0138. The van der Waals surface area contributed by atoms with E-state index in [4.69, 9.17) is 4.74 Å². The summed E-state index contributed by atoms with van der Waals surface area (Å²) < 4.78 is 5.38. The molecule has 2 heterocycles. The molecule has 1 aliphatic rings. The highest BCUT2D eigenvalue weighted by atomic mass is 16.5. The summed E-state index contributed by atoms with van der Waals surface area (Å²) in [7, 11) is 1.61. The number of methoxy groups -OCH3 is 1. The molecule has 1 fully saturated rings. The molecular weight excluding hydrogens is 236 g/mol. The fourth-order valence-electron chi connectivity index (χ4n) is 2.24. The molecule has 0 aliphatic carbocycles. The standard InChI is InChI=1S/C11H18N4O3/c1-11(2,17)10(16)15-5-7(9(6-15)18-3)8-4-12-14-13-8/h4,7,9,17H,5-6H2,1-3H3,(H,12,13,14)/t7-,9+/m0/s1. The Kier molecular flexibility index (Phi) is 3.36. The van der Waals surface area contributed by atoms with Gasteiger partial charge in [-0.2, -0.15) is 15.4 Å². The second-order valence-electron chi connectivity index (χ2n) is 5.04. The first-order valence-corrected chi connectivity index (χ1v) is 5.83. The van der Waals surface area contributed by atoms with Crippen LogP contribution in [-0.2, 0) is 9.53 Å². The predicted molar refractivity (Wildman–Crippen MR) is 62.8 cm³/mol. The number of ether oxygens (including phenoxy) is 1. The van der Waals surface area contributed by atoms with Crippen molar-refractivity contribution in [3.63, 3.8) is 0 Å². The molecule has 1 aliphatic heterocycles. The van der Waals surface area contributed by atoms with Gasteiger partial charge in [-0.15, -0.1) is 0 Å². The number of likely N-dealkylation sites (tertiary alicyclic amines) is 1. The van der Waals surface area contributed by atoms with E-state index in [2.05, 4.69) is 15.4 Å². The Morgan fingerprint density at radius 1 is 1.61 bits per heavy atom. The molecule has 0 spiro atoms. The number of carbonyl (C=O) groups is 1. The summed E-state index contributed by atoms with van der Waals surface area (Å²) in [5.74, 6) is -0.310. The Hall–Kier alpha value is -1.47. The quantitative estimate of drug-likeness (QED) is 0.760. The van der Waals surface area contributed by atoms with Gasteiger partial charge in [-0.25, -0.2) is 0 Å². The van der Waals surface area contributed by atoms with Crippen LogP contribution >= 0.6 is 0 Å². The average Bonchev–Trinajstić information content (AvgIpc) is 2.95. The molecule has 1 saturated heterocycles. The molecule has 100 valence electrons. The van der Waals surface area contributed by atoms with Gasteiger partial charge in [0.25, 0.3) is 5.91 Å². The SMILES string of the molecule is CO[C@@H]1CN(C(=O)C(C)(C)O)C[C@H]1c1cn[nH]n1. The van der Waals surface area contributed by atoms with E-state index in [1.54, 1.807) is 18.2 Å². The molecule has 0 saturated carbocycles. The lowest BCUT2D eigenvalue weighted by Gasteiger charge is -2.24. The number of aromatic amines is 1. The van der Waals surface area contributed by atoms with Crippen LogP contribution in [0, 0.1) is 0 Å². The first-order chi connectivity index (χ1) is 8.43. The van der Waals surface area contributed by atoms with Gasteiger partial charge in [-0.05, 0) is 13.8 Å². The Morgan fingerprint density at radius 2 is 2.33 bits per heavy atom. The number of aromatic nitrogens is 3. The summed E-state index contributed by atoms with van der Waals surface area (Å²) in [6.45, 7) is 3.91. The maximum Gasteiger partial charge on any atom is 0.254 e. The number of amides is 1. The lowest BCUT2D eigenvalue weighted by atomic mass is 10.0. The van der Waals surface area contributed by atoms with Crippen LogP contribution in [0.3, 0.4) is 0 Å². The van der Waals surface area contributed by atoms with Crippen molar-refractivity contribution in [3.05, 3.63) is 11.9 Å². The van der Waals surface area contributed by atoms with Crippen LogP contribution in [0.15, 0.2) is 6.20 Å². The summed E-state index contributed by atoms with van der Waals surface area (Å²) in [5, 5.41) is 20.1. The van der Waals surface area contributed by atoms with Crippen molar-refractivity contribution in [2.24, 2.45) is 0 Å². The second-order valence-corrected chi connectivity index (χ2v) is 5.04. The zero-order valence-corrected chi connectivity index (χ0v) is 10.8. The van der Waals surface area contributed by atoms with Crippen LogP contribution in [0.1, 0.15) is 25.5 Å². The van der Waals surface area contributed by atoms with Gasteiger partial charge in [0.15, 0.2) is 0 Å².